The largest absolute Gasteiger partial charge is 0.339 e. The van der Waals surface area contributed by atoms with Crippen molar-refractivity contribution in [1.82, 2.24) is 9.97 Å². The number of nitrogens with zero attached hydrogens (tertiary/aromatic N) is 2. The van der Waals surface area contributed by atoms with Gasteiger partial charge >= 0.3 is 0 Å². The van der Waals surface area contributed by atoms with E-state index in [0.717, 1.165) is 34.6 Å². The molecule has 0 bridgehead atoms. The Hall–Kier alpha value is -3.21. The van der Waals surface area contributed by atoms with Crippen molar-refractivity contribution in [2.75, 3.05) is 10.6 Å². The first-order chi connectivity index (χ1) is 14.6. The maximum absolute atomic E-state index is 13.1. The highest BCUT2D eigenvalue weighted by Crippen LogP contribution is 2.38. The highest BCUT2D eigenvalue weighted by atomic mass is 16.1. The summed E-state index contributed by atoms with van der Waals surface area (Å²) in [5.41, 5.74) is 7.91. The standard InChI is InChI=1S/C26H30N4O/c1-15-9-16(2)11-20(10-15)27-24-23-21(13-26(5,6)14-22(23)31)29-25(30-24)28-19-8-7-17(3)18(4)12-19/h7-12H,13-14H2,1-6H3,(H2,27,28,29,30). The average molecular weight is 415 g/mol. The van der Waals surface area contributed by atoms with Crippen LogP contribution in [0.5, 0.6) is 0 Å². The average Bonchev–Trinajstić information content (AvgIpc) is 2.62. The van der Waals surface area contributed by atoms with Gasteiger partial charge in [0.15, 0.2) is 5.78 Å². The Labute approximate surface area is 184 Å². The second-order valence-electron chi connectivity index (χ2n) is 9.58. The summed E-state index contributed by atoms with van der Waals surface area (Å²) < 4.78 is 0. The number of ketones is 1. The molecule has 2 aromatic carbocycles. The number of carbonyl (C=O) groups excluding carboxylic acids is 1. The molecule has 1 heterocycles. The van der Waals surface area contributed by atoms with E-state index in [-0.39, 0.29) is 11.2 Å². The molecule has 4 rings (SSSR count). The van der Waals surface area contributed by atoms with E-state index in [9.17, 15) is 4.79 Å². The van der Waals surface area contributed by atoms with Gasteiger partial charge in [0.1, 0.15) is 5.82 Å². The number of nitrogens with one attached hydrogen (secondary N) is 2. The van der Waals surface area contributed by atoms with Crippen molar-refractivity contribution in [3.8, 4) is 0 Å². The monoisotopic (exact) mass is 414 g/mol. The Kier molecular flexibility index (Phi) is 5.29. The third-order valence-electron chi connectivity index (χ3n) is 5.80. The first-order valence-electron chi connectivity index (χ1n) is 10.7. The van der Waals surface area contributed by atoms with Gasteiger partial charge < -0.3 is 10.6 Å². The molecule has 160 valence electrons. The summed E-state index contributed by atoms with van der Waals surface area (Å²) in [6.07, 6.45) is 1.23. The molecule has 3 aromatic rings. The smallest absolute Gasteiger partial charge is 0.229 e. The number of carbonyl (C=O) groups is 1. The van der Waals surface area contributed by atoms with Crippen LogP contribution in [0.3, 0.4) is 0 Å². The summed E-state index contributed by atoms with van der Waals surface area (Å²) in [7, 11) is 0. The normalized spacial score (nSPS) is 14.8. The molecular weight excluding hydrogens is 384 g/mol. The van der Waals surface area contributed by atoms with E-state index in [2.05, 4.69) is 82.5 Å². The minimum absolute atomic E-state index is 0.0934. The number of hydrogen-bond donors (Lipinski definition) is 2. The lowest BCUT2D eigenvalue weighted by Gasteiger charge is -2.30. The second-order valence-corrected chi connectivity index (χ2v) is 9.58. The van der Waals surface area contributed by atoms with Crippen LogP contribution in [0.15, 0.2) is 36.4 Å². The van der Waals surface area contributed by atoms with Crippen LogP contribution in [0.4, 0.5) is 23.1 Å². The summed E-state index contributed by atoms with van der Waals surface area (Å²) >= 11 is 0. The first kappa shape index (κ1) is 21.0. The highest BCUT2D eigenvalue weighted by Gasteiger charge is 2.35. The number of fused-ring (bicyclic) bond motifs is 1. The molecule has 0 saturated heterocycles. The van der Waals surface area contributed by atoms with E-state index in [1.807, 2.05) is 6.07 Å². The number of rotatable bonds is 4. The van der Waals surface area contributed by atoms with Gasteiger partial charge in [0.05, 0.1) is 11.3 Å². The van der Waals surface area contributed by atoms with Crippen LogP contribution in [0, 0.1) is 33.1 Å². The van der Waals surface area contributed by atoms with E-state index in [1.54, 1.807) is 0 Å². The van der Waals surface area contributed by atoms with Crippen LogP contribution in [-0.2, 0) is 6.42 Å². The summed E-state index contributed by atoms with van der Waals surface area (Å²) in [5, 5.41) is 6.75. The maximum Gasteiger partial charge on any atom is 0.229 e. The molecule has 0 unspecified atom stereocenters. The van der Waals surface area contributed by atoms with Gasteiger partial charge in [0.2, 0.25) is 5.95 Å². The van der Waals surface area contributed by atoms with Gasteiger partial charge in [-0.1, -0.05) is 26.0 Å². The molecule has 31 heavy (non-hydrogen) atoms. The molecular formula is C26H30N4O. The van der Waals surface area contributed by atoms with Crippen LogP contribution < -0.4 is 10.6 Å². The van der Waals surface area contributed by atoms with Gasteiger partial charge in [-0.2, -0.15) is 4.98 Å². The SMILES string of the molecule is Cc1cc(C)cc(Nc2nc(Nc3ccc(C)c(C)c3)nc3c2C(=O)CC(C)(C)C3)c1. The number of benzene rings is 2. The van der Waals surface area contributed by atoms with Crippen molar-refractivity contribution >= 4 is 28.9 Å². The minimum Gasteiger partial charge on any atom is -0.339 e. The zero-order chi connectivity index (χ0) is 22.3. The lowest BCUT2D eigenvalue weighted by molar-refractivity contribution is 0.0911. The Bertz CT molecular complexity index is 1160. The molecule has 5 heteroatoms. The molecule has 0 radical (unpaired) electrons. The number of anilines is 4. The lowest BCUT2D eigenvalue weighted by Crippen LogP contribution is -2.29. The quantitative estimate of drug-likeness (QED) is 0.520. The van der Waals surface area contributed by atoms with E-state index in [1.165, 1.54) is 11.1 Å². The maximum atomic E-state index is 13.1. The minimum atomic E-state index is -0.118. The van der Waals surface area contributed by atoms with Crippen LogP contribution in [0.25, 0.3) is 0 Å². The first-order valence-corrected chi connectivity index (χ1v) is 10.7. The third-order valence-corrected chi connectivity index (χ3v) is 5.80. The molecule has 1 aliphatic carbocycles. The number of hydrogen-bond acceptors (Lipinski definition) is 5. The molecule has 0 atom stereocenters. The predicted octanol–water partition coefficient (Wildman–Crippen LogP) is 6.35. The van der Waals surface area contributed by atoms with Gasteiger partial charge in [-0.25, -0.2) is 4.98 Å². The van der Waals surface area contributed by atoms with E-state index in [0.29, 0.717) is 23.8 Å². The molecule has 5 nitrogen and oxygen atoms in total. The molecule has 1 aliphatic rings. The van der Waals surface area contributed by atoms with Crippen molar-refractivity contribution < 1.29 is 4.79 Å². The van der Waals surface area contributed by atoms with Crippen molar-refractivity contribution in [1.29, 1.82) is 0 Å². The summed E-state index contributed by atoms with van der Waals surface area (Å²) in [6, 6.07) is 12.4. The van der Waals surface area contributed by atoms with Crippen LogP contribution in [-0.4, -0.2) is 15.8 Å². The van der Waals surface area contributed by atoms with E-state index < -0.39 is 0 Å². The van der Waals surface area contributed by atoms with Gasteiger partial charge in [0, 0.05) is 17.8 Å². The molecule has 0 saturated carbocycles. The zero-order valence-corrected chi connectivity index (χ0v) is 19.2. The fraction of sp³-hybridized carbons (Fsp3) is 0.346. The summed E-state index contributed by atoms with van der Waals surface area (Å²) in [5.74, 6) is 1.16. The molecule has 0 amide bonds. The molecule has 0 fully saturated rings. The number of Topliss-reactive ketones (excluding diaryl/α,β-unsaturated/α-hetero) is 1. The highest BCUT2D eigenvalue weighted by molar-refractivity contribution is 6.03. The van der Waals surface area contributed by atoms with Crippen molar-refractivity contribution in [2.45, 2.75) is 54.4 Å². The zero-order valence-electron chi connectivity index (χ0n) is 19.2. The van der Waals surface area contributed by atoms with Crippen molar-refractivity contribution in [3.63, 3.8) is 0 Å². The van der Waals surface area contributed by atoms with Crippen LogP contribution in [0.1, 0.15) is 58.6 Å². The van der Waals surface area contributed by atoms with Crippen molar-refractivity contribution in [3.05, 3.63) is 69.9 Å². The molecule has 0 aliphatic heterocycles. The van der Waals surface area contributed by atoms with Crippen molar-refractivity contribution in [2.24, 2.45) is 5.41 Å². The molecule has 1 aromatic heterocycles. The topological polar surface area (TPSA) is 66.9 Å². The Morgan fingerprint density at radius 1 is 0.806 bits per heavy atom. The predicted molar refractivity (Wildman–Crippen MR) is 127 cm³/mol. The Morgan fingerprint density at radius 3 is 2.19 bits per heavy atom. The Morgan fingerprint density at radius 2 is 1.52 bits per heavy atom. The number of aromatic nitrogens is 2. The van der Waals surface area contributed by atoms with E-state index in [4.69, 9.17) is 9.97 Å². The fourth-order valence-corrected chi connectivity index (χ4v) is 4.25. The molecule has 2 N–H and O–H groups in total. The van der Waals surface area contributed by atoms with Gasteiger partial charge in [0.25, 0.3) is 0 Å². The van der Waals surface area contributed by atoms with Crippen LogP contribution >= 0.6 is 0 Å². The summed E-state index contributed by atoms with van der Waals surface area (Å²) in [4.78, 5) is 22.6. The lowest BCUT2D eigenvalue weighted by atomic mass is 9.75. The number of aryl methyl sites for hydroxylation is 4. The van der Waals surface area contributed by atoms with Gasteiger partial charge in [-0.15, -0.1) is 0 Å². The summed E-state index contributed by atoms with van der Waals surface area (Å²) in [6.45, 7) is 12.5. The fourth-order valence-electron chi connectivity index (χ4n) is 4.25. The van der Waals surface area contributed by atoms with Crippen LogP contribution in [0.2, 0.25) is 0 Å². The second kappa shape index (κ2) is 7.80. The molecule has 0 spiro atoms. The van der Waals surface area contributed by atoms with Gasteiger partial charge in [-0.3, -0.25) is 4.79 Å². The third kappa shape index (κ3) is 4.61. The van der Waals surface area contributed by atoms with E-state index >= 15 is 0 Å². The van der Waals surface area contributed by atoms with Gasteiger partial charge in [-0.05, 0) is 86.1 Å². The Balaban J connectivity index is 1.79.